The highest BCUT2D eigenvalue weighted by Crippen LogP contribution is 2.31. The van der Waals surface area contributed by atoms with Crippen LogP contribution in [0.3, 0.4) is 0 Å². The Balaban J connectivity index is 1.26. The molecule has 0 atom stereocenters. The Morgan fingerprint density at radius 1 is 0.933 bits per heavy atom. The van der Waals surface area contributed by atoms with E-state index in [4.69, 9.17) is 4.74 Å². The van der Waals surface area contributed by atoms with Crippen LogP contribution < -0.4 is 4.74 Å². The Bertz CT molecular complexity index is 1280. The van der Waals surface area contributed by atoms with Crippen molar-refractivity contribution in [1.29, 1.82) is 0 Å². The monoisotopic (exact) mass is 420 g/mol. The van der Waals surface area contributed by atoms with Crippen molar-refractivity contribution in [3.8, 4) is 5.75 Å². The van der Waals surface area contributed by atoms with Gasteiger partial charge in [-0.25, -0.2) is 13.1 Å². The van der Waals surface area contributed by atoms with Crippen molar-refractivity contribution in [3.63, 3.8) is 0 Å². The molecule has 0 aliphatic carbocycles. The van der Waals surface area contributed by atoms with Crippen LogP contribution in [0.2, 0.25) is 0 Å². The van der Waals surface area contributed by atoms with Crippen molar-refractivity contribution in [2.24, 2.45) is 0 Å². The van der Waals surface area contributed by atoms with Crippen molar-refractivity contribution in [2.45, 2.75) is 17.5 Å². The van der Waals surface area contributed by atoms with Gasteiger partial charge in [0.25, 0.3) is 0 Å². The lowest BCUT2D eigenvalue weighted by molar-refractivity contribution is 0.189. The molecule has 4 aromatic rings. The molecule has 0 spiro atoms. The number of fused-ring (bicyclic) bond motifs is 1. The van der Waals surface area contributed by atoms with Gasteiger partial charge in [0, 0.05) is 18.5 Å². The number of hydrogen-bond donors (Lipinski definition) is 0. The zero-order valence-corrected chi connectivity index (χ0v) is 16.9. The molecule has 1 saturated heterocycles. The van der Waals surface area contributed by atoms with E-state index in [9.17, 15) is 8.42 Å². The van der Waals surface area contributed by atoms with Crippen molar-refractivity contribution in [2.75, 3.05) is 13.1 Å². The molecule has 0 N–H and O–H groups in total. The van der Waals surface area contributed by atoms with E-state index in [1.54, 1.807) is 16.8 Å². The highest BCUT2D eigenvalue weighted by Gasteiger charge is 2.39. The summed E-state index contributed by atoms with van der Waals surface area (Å²) in [5.74, 6) is 0.767. The van der Waals surface area contributed by atoms with Gasteiger partial charge in [-0.1, -0.05) is 59.8 Å². The zero-order valence-electron chi connectivity index (χ0n) is 16.1. The second kappa shape index (κ2) is 7.55. The van der Waals surface area contributed by atoms with Crippen LogP contribution in [0.1, 0.15) is 11.7 Å². The van der Waals surface area contributed by atoms with E-state index < -0.39 is 10.0 Å². The minimum absolute atomic E-state index is 0.0345. The van der Waals surface area contributed by atoms with E-state index in [1.165, 1.54) is 4.31 Å². The van der Waals surface area contributed by atoms with Gasteiger partial charge in [-0.3, -0.25) is 0 Å². The predicted molar refractivity (Wildman–Crippen MR) is 113 cm³/mol. The summed E-state index contributed by atoms with van der Waals surface area (Å²) in [6, 6.07) is 22.4. The summed E-state index contributed by atoms with van der Waals surface area (Å²) in [5.41, 5.74) is 0.703. The van der Waals surface area contributed by atoms with Gasteiger partial charge in [-0.2, -0.15) is 4.31 Å². The van der Waals surface area contributed by atoms with Gasteiger partial charge in [-0.05, 0) is 23.6 Å². The molecule has 2 heterocycles. The molecule has 7 nitrogen and oxygen atoms in total. The third-order valence-electron chi connectivity index (χ3n) is 5.26. The van der Waals surface area contributed by atoms with E-state index >= 15 is 0 Å². The van der Waals surface area contributed by atoms with Crippen molar-refractivity contribution in [1.82, 2.24) is 19.3 Å². The van der Waals surface area contributed by atoms with Crippen LogP contribution in [0.5, 0.6) is 5.75 Å². The lowest BCUT2D eigenvalue weighted by atomic mass is 10.1. The Morgan fingerprint density at radius 2 is 1.67 bits per heavy atom. The maximum Gasteiger partial charge on any atom is 0.243 e. The summed E-state index contributed by atoms with van der Waals surface area (Å²) in [4.78, 5) is 0.342. The first kappa shape index (κ1) is 18.8. The van der Waals surface area contributed by atoms with E-state index in [2.05, 4.69) is 10.3 Å². The minimum atomic E-state index is -3.56. The molecule has 1 aromatic heterocycles. The lowest BCUT2D eigenvalue weighted by Crippen LogP contribution is -2.50. The average molecular weight is 420 g/mol. The summed E-state index contributed by atoms with van der Waals surface area (Å²) in [6.45, 7) is 1.05. The molecule has 8 heteroatoms. The third-order valence-corrected chi connectivity index (χ3v) is 7.15. The predicted octanol–water partition coefficient (Wildman–Crippen LogP) is 3.26. The number of ether oxygens (including phenoxy) is 1. The smallest absolute Gasteiger partial charge is 0.243 e. The first-order chi connectivity index (χ1) is 14.6. The van der Waals surface area contributed by atoms with Gasteiger partial charge in [-0.15, -0.1) is 5.10 Å². The normalized spacial score (nSPS) is 15.2. The van der Waals surface area contributed by atoms with Gasteiger partial charge < -0.3 is 4.74 Å². The van der Waals surface area contributed by atoms with Crippen LogP contribution in [-0.4, -0.2) is 40.8 Å². The van der Waals surface area contributed by atoms with Crippen molar-refractivity contribution in [3.05, 3.63) is 84.7 Å². The van der Waals surface area contributed by atoms with Gasteiger partial charge in [0.1, 0.15) is 18.1 Å². The number of rotatable bonds is 6. The van der Waals surface area contributed by atoms with Gasteiger partial charge >= 0.3 is 0 Å². The molecular formula is C22H20N4O3S. The fourth-order valence-corrected chi connectivity index (χ4v) is 5.30. The Morgan fingerprint density at radius 3 is 2.50 bits per heavy atom. The average Bonchev–Trinajstić information content (AvgIpc) is 3.20. The second-order valence-corrected chi connectivity index (χ2v) is 9.15. The Hall–Kier alpha value is -3.23. The number of aromatic nitrogens is 3. The molecular weight excluding hydrogens is 400 g/mol. The molecule has 0 amide bonds. The van der Waals surface area contributed by atoms with Crippen LogP contribution >= 0.6 is 0 Å². The van der Waals surface area contributed by atoms with Crippen LogP contribution in [0.15, 0.2) is 83.9 Å². The summed E-state index contributed by atoms with van der Waals surface area (Å²) in [5, 5.41) is 9.95. The SMILES string of the molecule is O=S(=O)(c1cccc2ccccc12)N1CC(n2cc(COc3ccccc3)nn2)C1. The fraction of sp³-hybridized carbons (Fsp3) is 0.182. The Kier molecular flexibility index (Phi) is 4.72. The summed E-state index contributed by atoms with van der Waals surface area (Å²) >= 11 is 0. The first-order valence-electron chi connectivity index (χ1n) is 9.68. The molecule has 0 saturated carbocycles. The first-order valence-corrected chi connectivity index (χ1v) is 11.1. The maximum atomic E-state index is 13.1. The highest BCUT2D eigenvalue weighted by molar-refractivity contribution is 7.89. The second-order valence-electron chi connectivity index (χ2n) is 7.24. The summed E-state index contributed by atoms with van der Waals surface area (Å²) in [7, 11) is -3.56. The molecule has 1 aliphatic heterocycles. The van der Waals surface area contributed by atoms with Crippen LogP contribution in [0.25, 0.3) is 10.8 Å². The standard InChI is InChI=1S/C22H20N4O3S/c27-30(28,22-12-6-8-17-7-4-5-11-21(17)22)25-14-19(15-25)26-13-18(23-24-26)16-29-20-9-2-1-3-10-20/h1-13,19H,14-16H2. The van der Waals surface area contributed by atoms with Crippen molar-refractivity contribution < 1.29 is 13.2 Å². The van der Waals surface area contributed by atoms with Crippen LogP contribution in [0, 0.1) is 0 Å². The van der Waals surface area contributed by atoms with Gasteiger partial charge in [0.2, 0.25) is 10.0 Å². The highest BCUT2D eigenvalue weighted by atomic mass is 32.2. The van der Waals surface area contributed by atoms with Crippen molar-refractivity contribution >= 4 is 20.8 Å². The summed E-state index contributed by atoms with van der Waals surface area (Å²) < 4.78 is 35.2. The van der Waals surface area contributed by atoms with Crippen LogP contribution in [0.4, 0.5) is 0 Å². The molecule has 0 bridgehead atoms. The quantitative estimate of drug-likeness (QED) is 0.479. The van der Waals surface area contributed by atoms with Gasteiger partial charge in [0.05, 0.1) is 17.1 Å². The minimum Gasteiger partial charge on any atom is -0.487 e. The fourth-order valence-electron chi connectivity index (χ4n) is 3.57. The number of hydrogen-bond acceptors (Lipinski definition) is 5. The molecule has 0 unspecified atom stereocenters. The molecule has 30 heavy (non-hydrogen) atoms. The summed E-state index contributed by atoms with van der Waals surface area (Å²) in [6.07, 6.45) is 1.81. The molecule has 152 valence electrons. The molecule has 1 aliphatic rings. The van der Waals surface area contributed by atoms with E-state index in [0.29, 0.717) is 30.3 Å². The van der Waals surface area contributed by atoms with E-state index in [-0.39, 0.29) is 6.04 Å². The number of nitrogens with zero attached hydrogens (tertiary/aromatic N) is 4. The molecule has 3 aromatic carbocycles. The van der Waals surface area contributed by atoms with Crippen LogP contribution in [-0.2, 0) is 16.6 Å². The number of benzene rings is 3. The zero-order chi connectivity index (χ0) is 20.6. The largest absolute Gasteiger partial charge is 0.487 e. The van der Waals surface area contributed by atoms with Gasteiger partial charge in [0.15, 0.2) is 0 Å². The topological polar surface area (TPSA) is 77.3 Å². The third kappa shape index (κ3) is 3.44. The molecule has 0 radical (unpaired) electrons. The maximum absolute atomic E-state index is 13.1. The van der Waals surface area contributed by atoms with E-state index in [1.807, 2.05) is 66.9 Å². The number of sulfonamides is 1. The lowest BCUT2D eigenvalue weighted by Gasteiger charge is -2.37. The van der Waals surface area contributed by atoms with E-state index in [0.717, 1.165) is 16.5 Å². The Labute approximate surface area is 174 Å². The number of para-hydroxylation sites is 1. The molecule has 1 fully saturated rings. The molecule has 5 rings (SSSR count).